The van der Waals surface area contributed by atoms with Crippen LogP contribution in [0.15, 0.2) is 0 Å². The monoisotopic (exact) mass is 242 g/mol. The fourth-order valence-electron chi connectivity index (χ4n) is 3.14. The van der Waals surface area contributed by atoms with Gasteiger partial charge in [-0.05, 0) is 44.9 Å². The van der Waals surface area contributed by atoms with E-state index >= 15 is 0 Å². The number of hydrogen-bond donors (Lipinski definition) is 1. The molecule has 0 radical (unpaired) electrons. The third kappa shape index (κ3) is 3.69. The summed E-state index contributed by atoms with van der Waals surface area (Å²) in [4.78, 5) is 0. The van der Waals surface area contributed by atoms with Gasteiger partial charge in [0.15, 0.2) is 0 Å². The lowest BCUT2D eigenvalue weighted by molar-refractivity contribution is -0.136. The Bertz CT molecular complexity index is 209. The van der Waals surface area contributed by atoms with Crippen molar-refractivity contribution in [1.82, 2.24) is 0 Å². The van der Waals surface area contributed by atoms with Crippen LogP contribution in [0.3, 0.4) is 0 Å². The van der Waals surface area contributed by atoms with Crippen molar-refractivity contribution in [1.29, 1.82) is 0 Å². The molecule has 2 atom stereocenters. The molecule has 2 unspecified atom stereocenters. The van der Waals surface area contributed by atoms with Crippen molar-refractivity contribution >= 4 is 0 Å². The molecule has 0 saturated heterocycles. The molecule has 0 aromatic rings. The van der Waals surface area contributed by atoms with Crippen molar-refractivity contribution in [3.63, 3.8) is 0 Å². The molecule has 0 amide bonds. The first-order valence-corrected chi connectivity index (χ1v) is 7.39. The Morgan fingerprint density at radius 2 is 1.76 bits per heavy atom. The lowest BCUT2D eigenvalue weighted by Gasteiger charge is -2.40. The van der Waals surface area contributed by atoms with Gasteiger partial charge in [0.2, 0.25) is 0 Å². The molecule has 17 heavy (non-hydrogen) atoms. The molecule has 0 aromatic heterocycles. The van der Waals surface area contributed by atoms with E-state index in [0.717, 1.165) is 12.3 Å². The van der Waals surface area contributed by atoms with Crippen LogP contribution in [0.2, 0.25) is 0 Å². The van der Waals surface area contributed by atoms with Gasteiger partial charge >= 0.3 is 0 Å². The summed E-state index contributed by atoms with van der Waals surface area (Å²) in [6.45, 7) is 9.14. The quantitative estimate of drug-likeness (QED) is 0.768. The van der Waals surface area contributed by atoms with Crippen LogP contribution < -0.4 is 0 Å². The summed E-state index contributed by atoms with van der Waals surface area (Å²) in [6.07, 6.45) is 6.78. The van der Waals surface area contributed by atoms with Crippen LogP contribution in [0.1, 0.15) is 66.2 Å². The Balaban J connectivity index is 2.54. The van der Waals surface area contributed by atoms with Crippen LogP contribution in [-0.4, -0.2) is 23.4 Å². The molecule has 0 aliphatic heterocycles. The van der Waals surface area contributed by atoms with Gasteiger partial charge in [0, 0.05) is 6.61 Å². The first kappa shape index (κ1) is 15.0. The fourth-order valence-corrected chi connectivity index (χ4v) is 3.14. The summed E-state index contributed by atoms with van der Waals surface area (Å²) < 4.78 is 5.80. The maximum atomic E-state index is 10.6. The highest BCUT2D eigenvalue weighted by molar-refractivity contribution is 4.89. The van der Waals surface area contributed by atoms with Gasteiger partial charge in [0.1, 0.15) is 0 Å². The second-order valence-electron chi connectivity index (χ2n) is 5.73. The highest BCUT2D eigenvalue weighted by Crippen LogP contribution is 2.37. The van der Waals surface area contributed by atoms with Crippen molar-refractivity contribution in [3.05, 3.63) is 0 Å². The molecule has 0 spiro atoms. The number of aliphatic hydroxyl groups excluding tert-OH is 1. The Morgan fingerprint density at radius 3 is 2.18 bits per heavy atom. The SMILES string of the molecule is CCOC(C)(CC)C(O)C1CCC(CC)CC1. The van der Waals surface area contributed by atoms with Crippen LogP contribution in [0.5, 0.6) is 0 Å². The summed E-state index contributed by atoms with van der Waals surface area (Å²) in [6, 6.07) is 0. The summed E-state index contributed by atoms with van der Waals surface area (Å²) in [7, 11) is 0. The molecule has 1 rings (SSSR count). The van der Waals surface area contributed by atoms with E-state index in [0.29, 0.717) is 12.5 Å². The van der Waals surface area contributed by atoms with E-state index in [1.165, 1.54) is 32.1 Å². The van der Waals surface area contributed by atoms with Gasteiger partial charge in [-0.2, -0.15) is 0 Å². The minimum absolute atomic E-state index is 0.301. The molecule has 2 nitrogen and oxygen atoms in total. The average Bonchev–Trinajstić information content (AvgIpc) is 2.38. The van der Waals surface area contributed by atoms with E-state index in [-0.39, 0.29) is 11.7 Å². The molecule has 1 fully saturated rings. The zero-order chi connectivity index (χ0) is 12.9. The molecule has 2 heteroatoms. The zero-order valence-corrected chi connectivity index (χ0v) is 12.0. The molecule has 102 valence electrons. The van der Waals surface area contributed by atoms with Crippen LogP contribution >= 0.6 is 0 Å². The second-order valence-corrected chi connectivity index (χ2v) is 5.73. The predicted molar refractivity (Wildman–Crippen MR) is 72.1 cm³/mol. The third-order valence-electron chi connectivity index (χ3n) is 4.72. The van der Waals surface area contributed by atoms with Gasteiger partial charge in [-0.1, -0.05) is 33.1 Å². The van der Waals surface area contributed by atoms with Gasteiger partial charge in [-0.15, -0.1) is 0 Å². The number of aliphatic hydroxyl groups is 1. The molecular weight excluding hydrogens is 212 g/mol. The topological polar surface area (TPSA) is 29.5 Å². The van der Waals surface area contributed by atoms with Crippen molar-refractivity contribution < 1.29 is 9.84 Å². The highest BCUT2D eigenvalue weighted by Gasteiger charge is 2.38. The Hall–Kier alpha value is -0.0800. The van der Waals surface area contributed by atoms with Crippen molar-refractivity contribution in [2.24, 2.45) is 11.8 Å². The largest absolute Gasteiger partial charge is 0.390 e. The van der Waals surface area contributed by atoms with Gasteiger partial charge in [0.25, 0.3) is 0 Å². The lowest BCUT2D eigenvalue weighted by atomic mass is 9.74. The minimum atomic E-state index is -0.349. The normalized spacial score (nSPS) is 30.9. The van der Waals surface area contributed by atoms with Crippen LogP contribution in [-0.2, 0) is 4.74 Å². The van der Waals surface area contributed by atoms with Crippen LogP contribution in [0, 0.1) is 11.8 Å². The smallest absolute Gasteiger partial charge is 0.0912 e. The minimum Gasteiger partial charge on any atom is -0.390 e. The standard InChI is InChI=1S/C15H30O2/c1-5-12-8-10-13(11-9-12)14(16)15(4,6-2)17-7-3/h12-14,16H,5-11H2,1-4H3. The summed E-state index contributed by atoms with van der Waals surface area (Å²) >= 11 is 0. The molecule has 1 aliphatic carbocycles. The van der Waals surface area contributed by atoms with Crippen molar-refractivity contribution in [2.45, 2.75) is 77.9 Å². The zero-order valence-electron chi connectivity index (χ0n) is 12.0. The first-order chi connectivity index (χ1) is 8.07. The lowest BCUT2D eigenvalue weighted by Crippen LogP contribution is -2.47. The van der Waals surface area contributed by atoms with Gasteiger partial charge in [-0.25, -0.2) is 0 Å². The van der Waals surface area contributed by atoms with E-state index in [2.05, 4.69) is 20.8 Å². The van der Waals surface area contributed by atoms with E-state index in [9.17, 15) is 5.11 Å². The van der Waals surface area contributed by atoms with E-state index in [1.54, 1.807) is 0 Å². The second kappa shape index (κ2) is 6.75. The Labute approximate surface area is 107 Å². The molecule has 0 heterocycles. The van der Waals surface area contributed by atoms with Gasteiger partial charge in [-0.3, -0.25) is 0 Å². The first-order valence-electron chi connectivity index (χ1n) is 7.39. The third-order valence-corrected chi connectivity index (χ3v) is 4.72. The maximum Gasteiger partial charge on any atom is 0.0912 e. The van der Waals surface area contributed by atoms with E-state index in [4.69, 9.17) is 4.74 Å². The van der Waals surface area contributed by atoms with Gasteiger partial charge < -0.3 is 9.84 Å². The summed E-state index contributed by atoms with van der Waals surface area (Å²) in [5, 5.41) is 10.6. The molecule has 0 bridgehead atoms. The molecule has 1 saturated carbocycles. The Morgan fingerprint density at radius 1 is 1.18 bits per heavy atom. The summed E-state index contributed by atoms with van der Waals surface area (Å²) in [5.74, 6) is 1.33. The highest BCUT2D eigenvalue weighted by atomic mass is 16.5. The van der Waals surface area contributed by atoms with Crippen LogP contribution in [0.4, 0.5) is 0 Å². The van der Waals surface area contributed by atoms with Gasteiger partial charge in [0.05, 0.1) is 11.7 Å². The van der Waals surface area contributed by atoms with Crippen LogP contribution in [0.25, 0.3) is 0 Å². The maximum absolute atomic E-state index is 10.6. The molecular formula is C15H30O2. The molecule has 1 aliphatic rings. The van der Waals surface area contributed by atoms with E-state index in [1.807, 2.05) is 6.92 Å². The summed E-state index contributed by atoms with van der Waals surface area (Å²) in [5.41, 5.74) is -0.349. The number of hydrogen-bond acceptors (Lipinski definition) is 2. The average molecular weight is 242 g/mol. The number of rotatable bonds is 6. The Kier molecular flexibility index (Phi) is 5.94. The molecule has 1 N–H and O–H groups in total. The molecule has 0 aromatic carbocycles. The van der Waals surface area contributed by atoms with E-state index < -0.39 is 0 Å². The van der Waals surface area contributed by atoms with Crippen molar-refractivity contribution in [3.8, 4) is 0 Å². The predicted octanol–water partition coefficient (Wildman–Crippen LogP) is 3.77. The fraction of sp³-hybridized carbons (Fsp3) is 1.00. The van der Waals surface area contributed by atoms with Crippen molar-refractivity contribution in [2.75, 3.05) is 6.61 Å². The number of ether oxygens (including phenoxy) is 1.